The molecule has 0 bridgehead atoms. The van der Waals surface area contributed by atoms with Crippen molar-refractivity contribution in [3.63, 3.8) is 0 Å². The lowest BCUT2D eigenvalue weighted by molar-refractivity contribution is -0.134. The van der Waals surface area contributed by atoms with Crippen LogP contribution < -0.4 is 5.73 Å². The van der Waals surface area contributed by atoms with Crippen molar-refractivity contribution >= 4 is 34.2 Å². The van der Waals surface area contributed by atoms with E-state index in [0.29, 0.717) is 24.8 Å². The highest BCUT2D eigenvalue weighted by molar-refractivity contribution is 6.00. The second-order valence-corrected chi connectivity index (χ2v) is 9.48. The van der Waals surface area contributed by atoms with Crippen LogP contribution in [0.1, 0.15) is 55.7 Å². The van der Waals surface area contributed by atoms with E-state index in [-0.39, 0.29) is 17.7 Å². The van der Waals surface area contributed by atoms with Crippen LogP contribution in [-0.2, 0) is 16.6 Å². The lowest BCUT2D eigenvalue weighted by atomic mass is 9.83. The van der Waals surface area contributed by atoms with Crippen molar-refractivity contribution in [3.8, 4) is 0 Å². The van der Waals surface area contributed by atoms with Crippen LogP contribution in [0.25, 0.3) is 16.6 Å². The molecule has 0 unspecified atom stereocenters. The SMILES string of the molecule is C=CC(=O)N1CC[C@@H](c2c(C3=CC[C@@H](C(=O)N4CCCC4)CC3)c3c(N)ncnc3n2C)C1. The van der Waals surface area contributed by atoms with Gasteiger partial charge >= 0.3 is 0 Å². The highest BCUT2D eigenvalue weighted by atomic mass is 16.2. The standard InChI is InChI=1S/C25H32N6O2/c1-3-19(32)31-13-10-18(14-31)22-20(21-23(26)27-15-28-24(21)29(22)2)16-6-8-17(9-7-16)25(33)30-11-4-5-12-30/h3,6,15,17-18H,1,4-5,7-14H2,2H3,(H2,26,27,28)/t17-,18-/m1/s1. The van der Waals surface area contributed by atoms with Crippen LogP contribution >= 0.6 is 0 Å². The van der Waals surface area contributed by atoms with Crippen LogP contribution in [0, 0.1) is 5.92 Å². The van der Waals surface area contributed by atoms with Gasteiger partial charge < -0.3 is 20.1 Å². The normalized spacial score (nSPS) is 23.2. The van der Waals surface area contributed by atoms with Gasteiger partial charge in [-0.15, -0.1) is 0 Å². The van der Waals surface area contributed by atoms with Gasteiger partial charge in [-0.1, -0.05) is 12.7 Å². The van der Waals surface area contributed by atoms with Crippen LogP contribution in [-0.4, -0.2) is 62.3 Å². The molecule has 2 atom stereocenters. The number of allylic oxidation sites excluding steroid dienone is 2. The number of carbonyl (C=O) groups excluding carboxylic acids is 2. The first-order chi connectivity index (χ1) is 16.0. The number of aromatic nitrogens is 3. The molecule has 8 nitrogen and oxygen atoms in total. The van der Waals surface area contributed by atoms with Crippen LogP contribution in [0.3, 0.4) is 0 Å². The van der Waals surface area contributed by atoms with E-state index < -0.39 is 0 Å². The molecule has 8 heteroatoms. The van der Waals surface area contributed by atoms with Crippen molar-refractivity contribution in [3.05, 3.63) is 36.3 Å². The number of hydrogen-bond donors (Lipinski definition) is 1. The van der Waals surface area contributed by atoms with Gasteiger partial charge in [-0.3, -0.25) is 9.59 Å². The van der Waals surface area contributed by atoms with Crippen LogP contribution in [0.5, 0.6) is 0 Å². The van der Waals surface area contributed by atoms with Gasteiger partial charge in [-0.2, -0.15) is 0 Å². The predicted octanol–water partition coefficient (Wildman–Crippen LogP) is 2.86. The molecule has 5 rings (SSSR count). The molecule has 2 aromatic rings. The third kappa shape index (κ3) is 3.71. The monoisotopic (exact) mass is 448 g/mol. The van der Waals surface area contributed by atoms with Gasteiger partial charge in [-0.25, -0.2) is 9.97 Å². The quantitative estimate of drug-likeness (QED) is 0.726. The zero-order valence-corrected chi connectivity index (χ0v) is 19.3. The number of amides is 2. The Kier molecular flexibility index (Phi) is 5.68. The molecule has 2 saturated heterocycles. The van der Waals surface area contributed by atoms with E-state index >= 15 is 0 Å². The van der Waals surface area contributed by atoms with Gasteiger partial charge in [0.25, 0.3) is 0 Å². The summed E-state index contributed by atoms with van der Waals surface area (Å²) in [5, 5.41) is 0.888. The minimum Gasteiger partial charge on any atom is -0.383 e. The number of carbonyl (C=O) groups is 2. The van der Waals surface area contributed by atoms with Crippen molar-refractivity contribution in [2.45, 2.75) is 44.4 Å². The average molecular weight is 449 g/mol. The Morgan fingerprint density at radius 1 is 1.15 bits per heavy atom. The predicted molar refractivity (Wildman–Crippen MR) is 128 cm³/mol. The summed E-state index contributed by atoms with van der Waals surface area (Å²) in [7, 11) is 2.02. The Balaban J connectivity index is 1.51. The highest BCUT2D eigenvalue weighted by Gasteiger charge is 2.35. The van der Waals surface area contributed by atoms with Crippen molar-refractivity contribution < 1.29 is 9.59 Å². The number of aryl methyl sites for hydroxylation is 1. The minimum absolute atomic E-state index is 0.0303. The topological polar surface area (TPSA) is 97.3 Å². The first kappa shape index (κ1) is 21.7. The molecule has 0 aromatic carbocycles. The molecule has 0 spiro atoms. The fourth-order valence-corrected chi connectivity index (χ4v) is 5.89. The fourth-order valence-electron chi connectivity index (χ4n) is 5.89. The van der Waals surface area contributed by atoms with Gasteiger partial charge in [0.2, 0.25) is 11.8 Å². The van der Waals surface area contributed by atoms with Gasteiger partial charge in [0, 0.05) is 56.3 Å². The number of likely N-dealkylation sites (tertiary alicyclic amines) is 2. The Morgan fingerprint density at radius 3 is 2.64 bits per heavy atom. The van der Waals surface area contributed by atoms with Gasteiger partial charge in [0.05, 0.1) is 5.39 Å². The third-order valence-electron chi connectivity index (χ3n) is 7.60. The fraction of sp³-hybridized carbons (Fsp3) is 0.520. The smallest absolute Gasteiger partial charge is 0.245 e. The molecular weight excluding hydrogens is 416 g/mol. The summed E-state index contributed by atoms with van der Waals surface area (Å²) in [5.74, 6) is 0.999. The summed E-state index contributed by atoms with van der Waals surface area (Å²) in [6, 6.07) is 0. The van der Waals surface area contributed by atoms with Crippen LogP contribution in [0.4, 0.5) is 5.82 Å². The molecule has 1 aliphatic carbocycles. The number of rotatable bonds is 4. The van der Waals surface area contributed by atoms with Crippen LogP contribution in [0.15, 0.2) is 25.1 Å². The number of nitrogens with two attached hydrogens (primary N) is 1. The molecule has 2 N–H and O–H groups in total. The number of anilines is 1. The molecule has 2 aromatic heterocycles. The Morgan fingerprint density at radius 2 is 1.94 bits per heavy atom. The summed E-state index contributed by atoms with van der Waals surface area (Å²) >= 11 is 0. The molecule has 2 aliphatic heterocycles. The van der Waals surface area contributed by atoms with Crippen molar-refractivity contribution in [1.29, 1.82) is 0 Å². The maximum atomic E-state index is 12.9. The zero-order chi connectivity index (χ0) is 23.1. The second-order valence-electron chi connectivity index (χ2n) is 9.48. The number of fused-ring (bicyclic) bond motifs is 1. The van der Waals surface area contributed by atoms with Crippen molar-refractivity contribution in [2.24, 2.45) is 13.0 Å². The Labute approximate surface area is 194 Å². The van der Waals surface area contributed by atoms with E-state index in [1.54, 1.807) is 0 Å². The molecule has 0 radical (unpaired) electrons. The first-order valence-electron chi connectivity index (χ1n) is 12.0. The summed E-state index contributed by atoms with van der Waals surface area (Å²) in [6.45, 7) is 6.79. The molecule has 33 heavy (non-hydrogen) atoms. The summed E-state index contributed by atoms with van der Waals surface area (Å²) in [5.41, 5.74) is 10.7. The van der Waals surface area contributed by atoms with Gasteiger partial charge in [0.15, 0.2) is 0 Å². The van der Waals surface area contributed by atoms with Crippen molar-refractivity contribution in [1.82, 2.24) is 24.3 Å². The zero-order valence-electron chi connectivity index (χ0n) is 19.3. The van der Waals surface area contributed by atoms with E-state index in [9.17, 15) is 9.59 Å². The minimum atomic E-state index is -0.0303. The third-order valence-corrected chi connectivity index (χ3v) is 7.60. The molecule has 2 amide bonds. The number of nitrogens with zero attached hydrogens (tertiary/aromatic N) is 5. The Bertz CT molecular complexity index is 1140. The van der Waals surface area contributed by atoms with Gasteiger partial charge in [0.1, 0.15) is 17.8 Å². The average Bonchev–Trinajstić information content (AvgIpc) is 3.59. The van der Waals surface area contributed by atoms with E-state index in [2.05, 4.69) is 27.2 Å². The largest absolute Gasteiger partial charge is 0.383 e. The molecular formula is C25H32N6O2. The lowest BCUT2D eigenvalue weighted by Gasteiger charge is -2.27. The summed E-state index contributed by atoms with van der Waals surface area (Å²) < 4.78 is 2.12. The number of hydrogen-bond acceptors (Lipinski definition) is 5. The molecule has 174 valence electrons. The highest BCUT2D eigenvalue weighted by Crippen LogP contribution is 2.43. The first-order valence-corrected chi connectivity index (χ1v) is 12.0. The van der Waals surface area contributed by atoms with Crippen molar-refractivity contribution in [2.75, 3.05) is 31.9 Å². The van der Waals surface area contributed by atoms with E-state index in [0.717, 1.165) is 73.9 Å². The number of nitrogen functional groups attached to an aromatic ring is 1. The molecule has 2 fully saturated rings. The Hall–Kier alpha value is -3.16. The molecule has 3 aliphatic rings. The van der Waals surface area contributed by atoms with Crippen LogP contribution in [0.2, 0.25) is 0 Å². The summed E-state index contributed by atoms with van der Waals surface area (Å²) in [4.78, 5) is 37.8. The van der Waals surface area contributed by atoms with Gasteiger partial charge in [-0.05, 0) is 50.2 Å². The molecule has 4 heterocycles. The second kappa shape index (κ2) is 8.65. The van der Waals surface area contributed by atoms with E-state index in [4.69, 9.17) is 5.73 Å². The maximum Gasteiger partial charge on any atom is 0.245 e. The lowest BCUT2D eigenvalue weighted by Crippen LogP contribution is -2.34. The van der Waals surface area contributed by atoms with E-state index in [1.807, 2.05) is 16.8 Å². The summed E-state index contributed by atoms with van der Waals surface area (Å²) in [6.07, 6.45) is 10.7. The molecule has 0 saturated carbocycles. The van der Waals surface area contributed by atoms with E-state index in [1.165, 1.54) is 18.0 Å². The maximum absolute atomic E-state index is 12.9.